The van der Waals surface area contributed by atoms with Gasteiger partial charge in [0, 0.05) is 32.4 Å². The van der Waals surface area contributed by atoms with Gasteiger partial charge in [-0.1, -0.05) is 189 Å². The van der Waals surface area contributed by atoms with Crippen molar-refractivity contribution in [1.29, 1.82) is 0 Å². The molecule has 69 heavy (non-hydrogen) atoms. The first-order valence-corrected chi connectivity index (χ1v) is 24.7. The van der Waals surface area contributed by atoms with Crippen LogP contribution in [0.3, 0.4) is 0 Å². The van der Waals surface area contributed by atoms with Gasteiger partial charge in [-0.15, -0.1) is 0 Å². The van der Waals surface area contributed by atoms with Gasteiger partial charge in [-0.2, -0.15) is 0 Å². The number of hydrogen-bond acceptors (Lipinski definition) is 2. The minimum absolute atomic E-state index is 0.00458. The van der Waals surface area contributed by atoms with Crippen molar-refractivity contribution in [3.8, 4) is 22.3 Å². The lowest BCUT2D eigenvalue weighted by Gasteiger charge is -2.23. The zero-order valence-electron chi connectivity index (χ0n) is 39.2. The van der Waals surface area contributed by atoms with Gasteiger partial charge in [-0.05, 0) is 182 Å². The van der Waals surface area contributed by atoms with E-state index in [-0.39, 0.29) is 10.8 Å². The summed E-state index contributed by atoms with van der Waals surface area (Å²) in [5.41, 5.74) is 19.4. The zero-order valence-corrected chi connectivity index (χ0v) is 40.8. The molecule has 0 radical (unpaired) electrons. The molecule has 0 spiro atoms. The SMILES string of the molecule is CC1(C)c2cc(Br)ccc2-c2cc3c4ccccc4c4ccccc4c3cc21.CC1(C)c2cc(Nc3ccccc3)ccc2-c2cc3c4ccccc4c4ccccc4c3cc21.Nc1ccccc1. The highest BCUT2D eigenvalue weighted by molar-refractivity contribution is 9.10. The Hall–Kier alpha value is -7.72. The first-order chi connectivity index (χ1) is 33.6. The first kappa shape index (κ1) is 42.6. The minimum Gasteiger partial charge on any atom is -0.399 e. The largest absolute Gasteiger partial charge is 0.399 e. The molecule has 0 aliphatic heterocycles. The highest BCUT2D eigenvalue weighted by atomic mass is 79.9. The van der Waals surface area contributed by atoms with Crippen molar-refractivity contribution in [2.24, 2.45) is 0 Å². The van der Waals surface area contributed by atoms with Crippen molar-refractivity contribution >= 4 is 97.6 Å². The van der Waals surface area contributed by atoms with E-state index in [1.165, 1.54) is 109 Å². The Morgan fingerprint density at radius 1 is 0.304 bits per heavy atom. The molecule has 0 saturated carbocycles. The minimum atomic E-state index is -0.0695. The number of nitrogens with two attached hydrogens (primary N) is 1. The van der Waals surface area contributed by atoms with E-state index in [0.717, 1.165) is 21.5 Å². The van der Waals surface area contributed by atoms with Crippen molar-refractivity contribution in [2.45, 2.75) is 38.5 Å². The third-order valence-electron chi connectivity index (χ3n) is 14.9. The van der Waals surface area contributed by atoms with Crippen LogP contribution in [0.5, 0.6) is 0 Å². The molecular formula is C66H51BrN2. The monoisotopic (exact) mass is 950 g/mol. The van der Waals surface area contributed by atoms with Gasteiger partial charge in [0.2, 0.25) is 0 Å². The molecule has 3 N–H and O–H groups in total. The van der Waals surface area contributed by atoms with Crippen LogP contribution in [0.15, 0.2) is 223 Å². The van der Waals surface area contributed by atoms with Gasteiger partial charge < -0.3 is 11.1 Å². The third-order valence-corrected chi connectivity index (χ3v) is 15.4. The van der Waals surface area contributed by atoms with E-state index in [9.17, 15) is 0 Å². The highest BCUT2D eigenvalue weighted by Crippen LogP contribution is 2.54. The Kier molecular flexibility index (Phi) is 10.2. The molecule has 0 bridgehead atoms. The number of para-hydroxylation sites is 2. The van der Waals surface area contributed by atoms with Crippen LogP contribution >= 0.6 is 15.9 Å². The normalized spacial score (nSPS) is 13.6. The molecule has 0 unspecified atom stereocenters. The van der Waals surface area contributed by atoms with Crippen LogP contribution in [0.1, 0.15) is 49.9 Å². The summed E-state index contributed by atoms with van der Waals surface area (Å²) in [6.07, 6.45) is 0. The lowest BCUT2D eigenvalue weighted by Crippen LogP contribution is -2.15. The summed E-state index contributed by atoms with van der Waals surface area (Å²) in [4.78, 5) is 0. The average molecular weight is 952 g/mol. The zero-order chi connectivity index (χ0) is 47.0. The van der Waals surface area contributed by atoms with Crippen LogP contribution in [-0.4, -0.2) is 0 Å². The van der Waals surface area contributed by atoms with E-state index in [4.69, 9.17) is 5.73 Å². The molecule has 0 atom stereocenters. The summed E-state index contributed by atoms with van der Waals surface area (Å²) in [7, 11) is 0. The number of halogens is 1. The van der Waals surface area contributed by atoms with Crippen molar-refractivity contribution in [2.75, 3.05) is 11.1 Å². The fraction of sp³-hybridized carbons (Fsp3) is 0.0909. The molecule has 12 aromatic carbocycles. The summed E-state index contributed by atoms with van der Waals surface area (Å²) in [6, 6.07) is 78.5. The van der Waals surface area contributed by atoms with E-state index in [1.807, 2.05) is 36.4 Å². The van der Waals surface area contributed by atoms with Gasteiger partial charge in [0.05, 0.1) is 0 Å². The van der Waals surface area contributed by atoms with Crippen LogP contribution in [0.2, 0.25) is 0 Å². The van der Waals surface area contributed by atoms with Gasteiger partial charge in [0.15, 0.2) is 0 Å². The second-order valence-corrected chi connectivity index (χ2v) is 20.6. The Balaban J connectivity index is 0.000000127. The molecule has 0 heterocycles. The van der Waals surface area contributed by atoms with Gasteiger partial charge in [-0.3, -0.25) is 0 Å². The smallest absolute Gasteiger partial charge is 0.0387 e. The van der Waals surface area contributed by atoms with Crippen molar-refractivity contribution < 1.29 is 0 Å². The fourth-order valence-electron chi connectivity index (χ4n) is 11.5. The lowest BCUT2D eigenvalue weighted by molar-refractivity contribution is 0.661. The molecule has 12 aromatic rings. The molecule has 2 aliphatic rings. The maximum atomic E-state index is 5.36. The summed E-state index contributed by atoms with van der Waals surface area (Å²) in [6.45, 7) is 9.41. The van der Waals surface area contributed by atoms with Crippen LogP contribution in [0.4, 0.5) is 17.1 Å². The predicted molar refractivity (Wildman–Crippen MR) is 301 cm³/mol. The van der Waals surface area contributed by atoms with Crippen LogP contribution in [0, 0.1) is 0 Å². The number of anilines is 3. The average Bonchev–Trinajstić information content (AvgIpc) is 3.73. The summed E-state index contributed by atoms with van der Waals surface area (Å²) < 4.78 is 1.15. The lowest BCUT2D eigenvalue weighted by atomic mass is 9.81. The third kappa shape index (κ3) is 7.06. The number of fused-ring (bicyclic) bond motifs is 18. The van der Waals surface area contributed by atoms with E-state index < -0.39 is 0 Å². The number of nitrogens with one attached hydrogen (secondary N) is 1. The molecular weight excluding hydrogens is 901 g/mol. The second kappa shape index (κ2) is 16.5. The molecule has 2 nitrogen and oxygen atoms in total. The van der Waals surface area contributed by atoms with E-state index >= 15 is 0 Å². The second-order valence-electron chi connectivity index (χ2n) is 19.7. The number of hydrogen-bond donors (Lipinski definition) is 2. The number of benzene rings is 12. The standard InChI is InChI=1S/C33H25N.C27H19Br.C6H7N/c1-33(2)31-18-22(34-21-10-4-3-5-11-21)16-17-27(31)30-19-28-25-14-8-6-12-23(25)24-13-7-9-15-26(24)29(28)20-32(30)33;1-27(2)25-13-16(28)11-12-21(25)24-14-22-19-9-5-3-7-17(19)18-8-4-6-10-20(18)23(22)15-26(24)27;7-6-4-2-1-3-5-6/h3-20,34H,1-2H3;3-15H,1-2H3;1-5H,7H2. The van der Waals surface area contributed by atoms with Crippen molar-refractivity contribution in [1.82, 2.24) is 0 Å². The van der Waals surface area contributed by atoms with Crippen LogP contribution in [-0.2, 0) is 10.8 Å². The van der Waals surface area contributed by atoms with E-state index in [0.29, 0.717) is 0 Å². The maximum absolute atomic E-state index is 5.36. The summed E-state index contributed by atoms with van der Waals surface area (Å²) >= 11 is 3.67. The Labute approximate surface area is 412 Å². The van der Waals surface area contributed by atoms with Crippen molar-refractivity contribution in [3.63, 3.8) is 0 Å². The first-order valence-electron chi connectivity index (χ1n) is 23.9. The fourth-order valence-corrected chi connectivity index (χ4v) is 11.8. The van der Waals surface area contributed by atoms with Gasteiger partial charge in [0.25, 0.3) is 0 Å². The van der Waals surface area contributed by atoms with Crippen molar-refractivity contribution in [3.05, 3.63) is 245 Å². The summed E-state index contributed by atoms with van der Waals surface area (Å²) in [5, 5.41) is 19.6. The van der Waals surface area contributed by atoms with Gasteiger partial charge in [-0.25, -0.2) is 0 Å². The highest BCUT2D eigenvalue weighted by Gasteiger charge is 2.37. The Morgan fingerprint density at radius 3 is 1.04 bits per heavy atom. The molecule has 0 amide bonds. The molecule has 0 saturated heterocycles. The van der Waals surface area contributed by atoms with Crippen LogP contribution < -0.4 is 11.1 Å². The summed E-state index contributed by atoms with van der Waals surface area (Å²) in [5.74, 6) is 0. The molecule has 0 aromatic heterocycles. The van der Waals surface area contributed by atoms with Crippen LogP contribution in [0.25, 0.3) is 86.9 Å². The number of rotatable bonds is 2. The Bertz CT molecular complexity index is 4000. The molecule has 3 heteroatoms. The molecule has 14 rings (SSSR count). The van der Waals surface area contributed by atoms with Gasteiger partial charge >= 0.3 is 0 Å². The molecule has 0 fully saturated rings. The maximum Gasteiger partial charge on any atom is 0.0387 e. The predicted octanol–water partition coefficient (Wildman–Crippen LogP) is 18.7. The molecule has 2 aliphatic carbocycles. The molecule has 332 valence electrons. The Morgan fingerprint density at radius 2 is 0.638 bits per heavy atom. The number of nitrogen functional groups attached to an aromatic ring is 1. The van der Waals surface area contributed by atoms with E-state index in [1.54, 1.807) is 0 Å². The quantitative estimate of drug-likeness (QED) is 0.134. The van der Waals surface area contributed by atoms with Gasteiger partial charge in [0.1, 0.15) is 0 Å². The van der Waals surface area contributed by atoms with E-state index in [2.05, 4.69) is 231 Å². The topological polar surface area (TPSA) is 38.0 Å².